The van der Waals surface area contributed by atoms with Crippen LogP contribution >= 0.6 is 0 Å². The Bertz CT molecular complexity index is 935. The van der Waals surface area contributed by atoms with Gasteiger partial charge in [0.15, 0.2) is 0 Å². The Balaban J connectivity index is 4.57. The van der Waals surface area contributed by atoms with E-state index in [2.05, 4.69) is 50.4 Å². The zero-order chi connectivity index (χ0) is 43.1. The van der Waals surface area contributed by atoms with Crippen LogP contribution in [-0.4, -0.2) is 46.9 Å². The van der Waals surface area contributed by atoms with Gasteiger partial charge in [-0.15, -0.1) is 0 Å². The van der Waals surface area contributed by atoms with Crippen LogP contribution in [0.25, 0.3) is 0 Å². The van der Waals surface area contributed by atoms with Crippen LogP contribution in [0.3, 0.4) is 0 Å². The van der Waals surface area contributed by atoms with Crippen LogP contribution in [0.5, 0.6) is 0 Å². The highest BCUT2D eigenvalue weighted by molar-refractivity contribution is 5.77. The lowest BCUT2D eigenvalue weighted by Crippen LogP contribution is -2.46. The Morgan fingerprint density at radius 3 is 1.27 bits per heavy atom. The number of hydrogen-bond acceptors (Lipinski definition) is 5. The highest BCUT2D eigenvalue weighted by Crippen LogP contribution is 2.18. The number of ether oxygens (including phenoxy) is 1. The van der Waals surface area contributed by atoms with Gasteiger partial charge in [0.2, 0.25) is 5.91 Å². The Morgan fingerprint density at radius 2 is 0.847 bits per heavy atom. The van der Waals surface area contributed by atoms with Crippen LogP contribution in [-0.2, 0) is 14.3 Å². The van der Waals surface area contributed by atoms with Crippen LogP contribution in [0.4, 0.5) is 0 Å². The second kappa shape index (κ2) is 47.4. The Labute approximate surface area is 367 Å². The van der Waals surface area contributed by atoms with Gasteiger partial charge in [0.05, 0.1) is 25.2 Å². The van der Waals surface area contributed by atoms with E-state index in [1.54, 1.807) is 0 Å². The van der Waals surface area contributed by atoms with Gasteiger partial charge in [-0.2, -0.15) is 0 Å². The number of nitrogens with one attached hydrogen (secondary N) is 1. The second-order valence-corrected chi connectivity index (χ2v) is 18.0. The van der Waals surface area contributed by atoms with Gasteiger partial charge in [0.1, 0.15) is 6.10 Å². The van der Waals surface area contributed by atoms with Crippen LogP contribution in [0, 0.1) is 0 Å². The minimum atomic E-state index is -0.790. The van der Waals surface area contributed by atoms with E-state index in [9.17, 15) is 19.8 Å². The maximum Gasteiger partial charge on any atom is 0.306 e. The summed E-state index contributed by atoms with van der Waals surface area (Å²) < 4.78 is 5.91. The maximum atomic E-state index is 13.2. The van der Waals surface area contributed by atoms with Gasteiger partial charge in [0, 0.05) is 6.42 Å². The summed E-state index contributed by atoms with van der Waals surface area (Å²) in [6.07, 6.45) is 53.8. The van der Waals surface area contributed by atoms with E-state index in [1.165, 1.54) is 167 Å². The molecule has 0 saturated carbocycles. The summed E-state index contributed by atoms with van der Waals surface area (Å²) in [5.74, 6) is -0.489. The lowest BCUT2D eigenvalue weighted by molar-refractivity contribution is -0.151. The zero-order valence-electron chi connectivity index (χ0n) is 39.7. The summed E-state index contributed by atoms with van der Waals surface area (Å²) in [4.78, 5) is 26.1. The predicted octanol–water partition coefficient (Wildman–Crippen LogP) is 15.5. The number of rotatable bonds is 47. The van der Waals surface area contributed by atoms with Crippen LogP contribution in [0.15, 0.2) is 24.3 Å². The number of unbranched alkanes of at least 4 members (excludes halogenated alkanes) is 32. The van der Waals surface area contributed by atoms with Crippen molar-refractivity contribution in [3.05, 3.63) is 24.3 Å². The molecule has 0 heterocycles. The Hall–Kier alpha value is -1.66. The number of aliphatic hydroxyl groups is 2. The van der Waals surface area contributed by atoms with Gasteiger partial charge in [0.25, 0.3) is 0 Å². The summed E-state index contributed by atoms with van der Waals surface area (Å²) in [6.45, 7) is 6.48. The van der Waals surface area contributed by atoms with Gasteiger partial charge in [-0.1, -0.05) is 238 Å². The van der Waals surface area contributed by atoms with Gasteiger partial charge < -0.3 is 20.3 Å². The summed E-state index contributed by atoms with van der Waals surface area (Å²) in [7, 11) is 0. The third-order valence-electron chi connectivity index (χ3n) is 12.1. The summed E-state index contributed by atoms with van der Waals surface area (Å²) >= 11 is 0. The predicted molar refractivity (Wildman–Crippen MR) is 255 cm³/mol. The number of carbonyl (C=O) groups is 2. The van der Waals surface area contributed by atoms with E-state index in [-0.39, 0.29) is 24.9 Å². The molecule has 0 aliphatic carbocycles. The molecule has 0 saturated heterocycles. The molecule has 0 aromatic rings. The number of esters is 1. The summed E-state index contributed by atoms with van der Waals surface area (Å²) in [6, 6.07) is -0.705. The van der Waals surface area contributed by atoms with E-state index in [0.29, 0.717) is 19.3 Å². The molecule has 0 spiro atoms. The van der Waals surface area contributed by atoms with Crippen molar-refractivity contribution in [2.45, 2.75) is 296 Å². The smallest absolute Gasteiger partial charge is 0.306 e. The monoisotopic (exact) mass is 832 g/mol. The van der Waals surface area contributed by atoms with Crippen LogP contribution < -0.4 is 5.32 Å². The van der Waals surface area contributed by atoms with Crippen molar-refractivity contribution in [2.24, 2.45) is 0 Å². The van der Waals surface area contributed by atoms with Crippen LogP contribution in [0.1, 0.15) is 278 Å². The minimum absolute atomic E-state index is 0.0648. The largest absolute Gasteiger partial charge is 0.462 e. The van der Waals surface area contributed by atoms with Crippen molar-refractivity contribution < 1.29 is 24.5 Å². The average Bonchev–Trinajstić information content (AvgIpc) is 3.23. The van der Waals surface area contributed by atoms with Crippen molar-refractivity contribution in [1.82, 2.24) is 5.32 Å². The molecule has 3 N–H and O–H groups in total. The van der Waals surface area contributed by atoms with Gasteiger partial charge in [-0.3, -0.25) is 9.59 Å². The first kappa shape index (κ1) is 57.3. The van der Waals surface area contributed by atoms with Crippen molar-refractivity contribution in [2.75, 3.05) is 6.61 Å². The Kier molecular flexibility index (Phi) is 46.1. The average molecular weight is 832 g/mol. The zero-order valence-corrected chi connectivity index (χ0v) is 39.7. The van der Waals surface area contributed by atoms with Crippen molar-refractivity contribution in [3.63, 3.8) is 0 Å². The molecule has 0 aliphatic rings. The molecule has 1 amide bonds. The second-order valence-electron chi connectivity index (χ2n) is 18.0. The number of allylic oxidation sites excluding steroid dienone is 4. The quantitative estimate of drug-likeness (QED) is 0.0322. The van der Waals surface area contributed by atoms with E-state index in [4.69, 9.17) is 4.74 Å². The van der Waals surface area contributed by atoms with E-state index in [1.807, 2.05) is 0 Å². The maximum absolute atomic E-state index is 13.2. The van der Waals surface area contributed by atoms with Crippen molar-refractivity contribution in [1.29, 1.82) is 0 Å². The molecule has 6 nitrogen and oxygen atoms in total. The molecule has 3 atom stereocenters. The molecule has 59 heavy (non-hydrogen) atoms. The molecule has 0 fully saturated rings. The molecule has 348 valence electrons. The first-order valence-electron chi connectivity index (χ1n) is 26.1. The standard InChI is InChI=1S/C53H101NO5/c1-4-7-10-13-16-19-22-24-26-27-28-30-32-35-38-41-44-49(59-53(58)46-43-40-37-34-21-18-15-12-9-6-3)47-52(57)54-50(48-55)51(56)45-42-39-36-33-31-29-25-23-20-17-14-11-8-5-2/h26-28,30,49-51,55-56H,4-25,29,31-48H2,1-3H3,(H,54,57)/b27-26+,30-28+. The van der Waals surface area contributed by atoms with Gasteiger partial charge in [-0.25, -0.2) is 0 Å². The SMILES string of the molecule is CCCCCCCCC/C=C/C=C/CCCCCC(CC(=O)NC(CO)C(O)CCCCCCCCCCCCCCCC)OC(=O)CCCCCCCCCCCC. The normalized spacial score (nSPS) is 13.4. The molecular formula is C53H101NO5. The highest BCUT2D eigenvalue weighted by Gasteiger charge is 2.24. The molecule has 0 aromatic carbocycles. The summed E-state index contributed by atoms with van der Waals surface area (Å²) in [5, 5.41) is 23.8. The summed E-state index contributed by atoms with van der Waals surface area (Å²) in [5.41, 5.74) is 0. The fourth-order valence-electron chi connectivity index (χ4n) is 8.07. The first-order valence-corrected chi connectivity index (χ1v) is 26.1. The molecule has 0 radical (unpaired) electrons. The number of hydrogen-bond donors (Lipinski definition) is 3. The van der Waals surface area contributed by atoms with E-state index >= 15 is 0 Å². The third kappa shape index (κ3) is 42.8. The lowest BCUT2D eigenvalue weighted by Gasteiger charge is -2.24. The molecule has 0 bridgehead atoms. The topological polar surface area (TPSA) is 95.9 Å². The molecule has 6 heteroatoms. The molecule has 0 aliphatic heterocycles. The molecule has 0 aromatic heterocycles. The van der Waals surface area contributed by atoms with Gasteiger partial charge >= 0.3 is 5.97 Å². The third-order valence-corrected chi connectivity index (χ3v) is 12.1. The fourth-order valence-corrected chi connectivity index (χ4v) is 8.07. The fraction of sp³-hybridized carbons (Fsp3) is 0.887. The van der Waals surface area contributed by atoms with Gasteiger partial charge in [-0.05, 0) is 51.4 Å². The molecular weight excluding hydrogens is 731 g/mol. The lowest BCUT2D eigenvalue weighted by atomic mass is 10.0. The van der Waals surface area contributed by atoms with Crippen molar-refractivity contribution in [3.8, 4) is 0 Å². The molecule has 3 unspecified atom stereocenters. The van der Waals surface area contributed by atoms with E-state index < -0.39 is 18.2 Å². The highest BCUT2D eigenvalue weighted by atomic mass is 16.5. The molecule has 0 rings (SSSR count). The number of carbonyl (C=O) groups excluding carboxylic acids is 2. The van der Waals surface area contributed by atoms with Crippen LogP contribution in [0.2, 0.25) is 0 Å². The number of amides is 1. The first-order chi connectivity index (χ1) is 29.0. The van der Waals surface area contributed by atoms with Crippen molar-refractivity contribution >= 4 is 11.9 Å². The Morgan fingerprint density at radius 1 is 0.492 bits per heavy atom. The minimum Gasteiger partial charge on any atom is -0.462 e. The van der Waals surface area contributed by atoms with E-state index in [0.717, 1.165) is 64.2 Å². The number of aliphatic hydroxyl groups excluding tert-OH is 2.